The van der Waals surface area contributed by atoms with Crippen LogP contribution in [0.4, 0.5) is 39.5 Å². The minimum atomic E-state index is -5.83. The highest BCUT2D eigenvalue weighted by Crippen LogP contribution is 2.44. The summed E-state index contributed by atoms with van der Waals surface area (Å²) in [5, 5.41) is 0.337. The number of likely N-dealkylation sites (tertiary alicyclic amines) is 1. The topological polar surface area (TPSA) is 49.9 Å². The van der Waals surface area contributed by atoms with Gasteiger partial charge in [0.2, 0.25) is 0 Å². The molecule has 3 aromatic carbocycles. The molecule has 0 spiro atoms. The van der Waals surface area contributed by atoms with Crippen LogP contribution in [0.2, 0.25) is 10.0 Å². The van der Waals surface area contributed by atoms with Crippen LogP contribution < -0.4 is 4.74 Å². The average Bonchev–Trinajstić information content (AvgIpc) is 2.96. The predicted molar refractivity (Wildman–Crippen MR) is 150 cm³/mol. The molecule has 4 rings (SSSR count). The Morgan fingerprint density at radius 1 is 0.891 bits per heavy atom. The molecular formula is C30H23Cl2F9N2O3. The van der Waals surface area contributed by atoms with Crippen LogP contribution in [0.5, 0.6) is 5.75 Å². The number of hydrogen-bond donors (Lipinski definition) is 0. The molecule has 248 valence electrons. The fourth-order valence-electron chi connectivity index (χ4n) is 5.29. The molecule has 1 aliphatic rings. The van der Waals surface area contributed by atoms with Gasteiger partial charge in [-0.1, -0.05) is 59.6 Å². The van der Waals surface area contributed by atoms with Crippen molar-refractivity contribution in [2.75, 3.05) is 20.1 Å². The number of likely N-dealkylation sites (N-methyl/N-ethyl adjacent to an activating group) is 1. The number of carbonyl (C=O) groups excluding carboxylic acids is 2. The first kappa shape index (κ1) is 35.4. The highest BCUT2D eigenvalue weighted by molar-refractivity contribution is 6.42. The molecule has 5 nitrogen and oxygen atoms in total. The van der Waals surface area contributed by atoms with Crippen LogP contribution in [0.3, 0.4) is 0 Å². The minimum Gasteiger partial charge on any atom is -0.418 e. The van der Waals surface area contributed by atoms with E-state index in [1.807, 2.05) is 35.2 Å². The van der Waals surface area contributed by atoms with Crippen LogP contribution in [0.25, 0.3) is 0 Å². The van der Waals surface area contributed by atoms with Gasteiger partial charge in [-0.15, -0.1) is 0 Å². The van der Waals surface area contributed by atoms with Gasteiger partial charge in [0.15, 0.2) is 5.75 Å². The SMILES string of the molecule is CN(C(=O)c1cc(C(F)(F)F)cc(C(F)(F)F)c1OC(=O)C(F)(F)F)[C@@H]1CCN(Cc2ccccc2)C[C@H]1c1ccc(Cl)c(Cl)c1. The summed E-state index contributed by atoms with van der Waals surface area (Å²) in [6, 6.07) is 12.3. The van der Waals surface area contributed by atoms with Gasteiger partial charge < -0.3 is 9.64 Å². The molecule has 2 atom stereocenters. The van der Waals surface area contributed by atoms with Crippen LogP contribution in [0, 0.1) is 0 Å². The summed E-state index contributed by atoms with van der Waals surface area (Å²) < 4.78 is 126. The number of halogens is 11. The molecule has 1 heterocycles. The van der Waals surface area contributed by atoms with Crippen LogP contribution in [-0.4, -0.2) is 54.0 Å². The fourth-order valence-corrected chi connectivity index (χ4v) is 5.60. The summed E-state index contributed by atoms with van der Waals surface area (Å²) >= 11 is 12.3. The van der Waals surface area contributed by atoms with Gasteiger partial charge in [0.05, 0.1) is 26.7 Å². The van der Waals surface area contributed by atoms with Crippen LogP contribution >= 0.6 is 23.2 Å². The second kappa shape index (κ2) is 13.3. The maximum absolute atomic E-state index is 13.9. The number of ether oxygens (including phenoxy) is 1. The van der Waals surface area contributed by atoms with Gasteiger partial charge in [-0.2, -0.15) is 39.5 Å². The summed E-state index contributed by atoms with van der Waals surface area (Å²) in [5.41, 5.74) is -4.42. The molecule has 16 heteroatoms. The lowest BCUT2D eigenvalue weighted by atomic mass is 9.84. The first-order valence-corrected chi connectivity index (χ1v) is 14.1. The maximum Gasteiger partial charge on any atom is 0.491 e. The number of benzene rings is 3. The molecule has 1 aliphatic heterocycles. The zero-order chi connectivity index (χ0) is 34.2. The Morgan fingerprint density at radius 2 is 1.54 bits per heavy atom. The third-order valence-corrected chi connectivity index (χ3v) is 8.22. The predicted octanol–water partition coefficient (Wildman–Crippen LogP) is 8.63. The molecule has 0 radical (unpaired) electrons. The van der Waals surface area contributed by atoms with Gasteiger partial charge >= 0.3 is 24.5 Å². The van der Waals surface area contributed by atoms with Crippen LogP contribution in [-0.2, 0) is 23.7 Å². The third kappa shape index (κ3) is 8.07. The summed E-state index contributed by atoms with van der Waals surface area (Å²) in [6.07, 6.45) is -16.9. The molecule has 0 N–H and O–H groups in total. The monoisotopic (exact) mass is 700 g/mol. The molecule has 0 unspecified atom stereocenters. The Hall–Kier alpha value is -3.49. The quantitative estimate of drug-likeness (QED) is 0.147. The molecule has 46 heavy (non-hydrogen) atoms. The molecular weight excluding hydrogens is 678 g/mol. The highest BCUT2D eigenvalue weighted by atomic mass is 35.5. The Balaban J connectivity index is 1.80. The number of esters is 1. The van der Waals surface area contributed by atoms with Gasteiger partial charge in [0, 0.05) is 38.6 Å². The van der Waals surface area contributed by atoms with Gasteiger partial charge in [0.1, 0.15) is 0 Å². The lowest BCUT2D eigenvalue weighted by Gasteiger charge is -2.43. The number of alkyl halides is 9. The Morgan fingerprint density at radius 3 is 2.11 bits per heavy atom. The van der Waals surface area contributed by atoms with E-state index < -0.39 is 70.9 Å². The van der Waals surface area contributed by atoms with E-state index in [0.717, 1.165) is 17.5 Å². The maximum atomic E-state index is 13.9. The molecule has 1 fully saturated rings. The summed E-state index contributed by atoms with van der Waals surface area (Å²) in [6.45, 7) is 1.02. The standard InChI is InChI=1S/C30H23Cl2F9N2O3/c1-42(24-9-10-43(14-16-5-3-2-4-6-16)15-20(24)17-7-8-22(31)23(32)11-17)26(44)19-12-18(28(33,34)35)13-21(29(36,37)38)25(19)46-27(45)30(39,40)41/h2-8,11-13,20,24H,9-10,14-15H2,1H3/t20-,24+/m0/s1. The van der Waals surface area contributed by atoms with E-state index in [-0.39, 0.29) is 29.1 Å². The van der Waals surface area contributed by atoms with Crippen molar-refractivity contribution in [2.24, 2.45) is 0 Å². The van der Waals surface area contributed by atoms with Crippen molar-refractivity contribution in [1.29, 1.82) is 0 Å². The summed E-state index contributed by atoms with van der Waals surface area (Å²) in [7, 11) is 1.09. The lowest BCUT2D eigenvalue weighted by molar-refractivity contribution is -0.190. The van der Waals surface area contributed by atoms with Crippen molar-refractivity contribution in [3.8, 4) is 5.75 Å². The van der Waals surface area contributed by atoms with Gasteiger partial charge in [0.25, 0.3) is 5.91 Å². The van der Waals surface area contributed by atoms with Gasteiger partial charge in [-0.3, -0.25) is 9.69 Å². The van der Waals surface area contributed by atoms with Crippen molar-refractivity contribution >= 4 is 35.1 Å². The van der Waals surface area contributed by atoms with E-state index in [1.165, 1.54) is 12.1 Å². The van der Waals surface area contributed by atoms with Gasteiger partial charge in [-0.25, -0.2) is 4.79 Å². The van der Waals surface area contributed by atoms with Gasteiger partial charge in [-0.05, 0) is 41.8 Å². The van der Waals surface area contributed by atoms with E-state index in [4.69, 9.17) is 23.2 Å². The highest BCUT2D eigenvalue weighted by Gasteiger charge is 2.47. The third-order valence-electron chi connectivity index (χ3n) is 7.48. The molecule has 3 aromatic rings. The first-order valence-electron chi connectivity index (χ1n) is 13.4. The zero-order valence-electron chi connectivity index (χ0n) is 23.5. The Bertz CT molecular complexity index is 1600. The van der Waals surface area contributed by atoms with Crippen molar-refractivity contribution in [1.82, 2.24) is 9.80 Å². The largest absolute Gasteiger partial charge is 0.491 e. The van der Waals surface area contributed by atoms with Crippen LogP contribution in [0.15, 0.2) is 60.7 Å². The number of rotatable bonds is 6. The summed E-state index contributed by atoms with van der Waals surface area (Å²) in [5.74, 6) is -7.33. The second-order valence-corrected chi connectivity index (χ2v) is 11.4. The van der Waals surface area contributed by atoms with Crippen molar-refractivity contribution < 1.29 is 53.8 Å². The van der Waals surface area contributed by atoms with E-state index in [1.54, 1.807) is 6.07 Å². The van der Waals surface area contributed by atoms with Crippen molar-refractivity contribution in [3.63, 3.8) is 0 Å². The second-order valence-electron chi connectivity index (χ2n) is 10.6. The number of piperidine rings is 1. The lowest BCUT2D eigenvalue weighted by Crippen LogP contribution is -2.50. The minimum absolute atomic E-state index is 0.0637. The smallest absolute Gasteiger partial charge is 0.418 e. The van der Waals surface area contributed by atoms with E-state index >= 15 is 0 Å². The van der Waals surface area contributed by atoms with Crippen molar-refractivity contribution in [3.05, 3.63) is 98.5 Å². The number of carbonyl (C=O) groups is 2. The summed E-state index contributed by atoms with van der Waals surface area (Å²) in [4.78, 5) is 28.3. The first-order chi connectivity index (χ1) is 21.3. The molecule has 0 aromatic heterocycles. The van der Waals surface area contributed by atoms with E-state index in [0.29, 0.717) is 18.7 Å². The number of nitrogens with zero attached hydrogens (tertiary/aromatic N) is 2. The van der Waals surface area contributed by atoms with Crippen LogP contribution in [0.1, 0.15) is 45.0 Å². The molecule has 1 amide bonds. The molecule has 1 saturated heterocycles. The fraction of sp³-hybridized carbons (Fsp3) is 0.333. The Kier molecular flexibility index (Phi) is 10.2. The number of amides is 1. The normalized spacial score (nSPS) is 17.9. The molecule has 0 saturated carbocycles. The molecule has 0 bridgehead atoms. The average molecular weight is 701 g/mol. The Labute approximate surface area is 266 Å². The van der Waals surface area contributed by atoms with E-state index in [2.05, 4.69) is 4.74 Å². The molecule has 0 aliphatic carbocycles. The van der Waals surface area contributed by atoms with Crippen molar-refractivity contribution in [2.45, 2.75) is 43.5 Å². The van der Waals surface area contributed by atoms with E-state index in [9.17, 15) is 49.1 Å². The number of hydrogen-bond acceptors (Lipinski definition) is 4. The zero-order valence-corrected chi connectivity index (χ0v) is 25.0.